The Labute approximate surface area is 170 Å². The Morgan fingerprint density at radius 1 is 0.931 bits per heavy atom. The number of halogens is 1. The maximum absolute atomic E-state index is 13.5. The van der Waals surface area contributed by atoms with Crippen molar-refractivity contribution in [3.8, 4) is 0 Å². The summed E-state index contributed by atoms with van der Waals surface area (Å²) in [5.41, 5.74) is 2.85. The molecule has 0 spiro atoms. The van der Waals surface area contributed by atoms with Crippen LogP contribution >= 0.6 is 0 Å². The molecule has 2 amide bonds. The fourth-order valence-electron chi connectivity index (χ4n) is 3.98. The van der Waals surface area contributed by atoms with Crippen molar-refractivity contribution in [1.82, 2.24) is 9.80 Å². The second-order valence-corrected chi connectivity index (χ2v) is 7.44. The number of aryl methyl sites for hydroxylation is 1. The van der Waals surface area contributed by atoms with Gasteiger partial charge in [0.15, 0.2) is 0 Å². The second kappa shape index (κ2) is 7.79. The van der Waals surface area contributed by atoms with Gasteiger partial charge in [0, 0.05) is 26.2 Å². The van der Waals surface area contributed by atoms with Gasteiger partial charge in [-0.2, -0.15) is 0 Å². The van der Waals surface area contributed by atoms with Gasteiger partial charge in [-0.25, -0.2) is 9.29 Å². The van der Waals surface area contributed by atoms with E-state index in [4.69, 9.17) is 0 Å². The number of piperazine rings is 1. The van der Waals surface area contributed by atoms with Crippen LogP contribution in [-0.2, 0) is 9.59 Å². The number of anilines is 1. The van der Waals surface area contributed by atoms with Crippen LogP contribution in [0.15, 0.2) is 54.2 Å². The predicted molar refractivity (Wildman–Crippen MR) is 111 cm³/mol. The van der Waals surface area contributed by atoms with E-state index in [2.05, 4.69) is 11.8 Å². The maximum atomic E-state index is 13.5. The summed E-state index contributed by atoms with van der Waals surface area (Å²) in [5, 5.41) is 0. The van der Waals surface area contributed by atoms with Crippen LogP contribution in [-0.4, -0.2) is 54.3 Å². The van der Waals surface area contributed by atoms with Gasteiger partial charge in [-0.3, -0.25) is 9.59 Å². The average Bonchev–Trinajstić information content (AvgIpc) is 2.99. The first kappa shape index (κ1) is 19.3. The Morgan fingerprint density at radius 2 is 1.62 bits per heavy atom. The second-order valence-electron chi connectivity index (χ2n) is 7.44. The summed E-state index contributed by atoms with van der Waals surface area (Å²) in [4.78, 5) is 32.4. The summed E-state index contributed by atoms with van der Waals surface area (Å²) in [6.07, 6.45) is 0. The number of imide groups is 1. The molecule has 2 heterocycles. The third kappa shape index (κ3) is 3.56. The minimum Gasteiger partial charge on any atom is -0.364 e. The van der Waals surface area contributed by atoms with Gasteiger partial charge in [-0.15, -0.1) is 0 Å². The number of rotatable bonds is 4. The molecule has 0 aromatic heterocycles. The molecule has 2 aromatic carbocycles. The lowest BCUT2D eigenvalue weighted by atomic mass is 10.0. The Morgan fingerprint density at radius 3 is 2.24 bits per heavy atom. The van der Waals surface area contributed by atoms with E-state index in [1.165, 1.54) is 17.0 Å². The van der Waals surface area contributed by atoms with Crippen LogP contribution in [0.4, 0.5) is 10.1 Å². The highest BCUT2D eigenvalue weighted by Gasteiger charge is 2.43. The molecule has 150 valence electrons. The van der Waals surface area contributed by atoms with Crippen LogP contribution in [0.5, 0.6) is 0 Å². The van der Waals surface area contributed by atoms with Crippen LogP contribution < -0.4 is 4.90 Å². The van der Waals surface area contributed by atoms with E-state index in [0.717, 1.165) is 25.2 Å². The first-order valence-electron chi connectivity index (χ1n) is 9.92. The molecule has 6 heteroatoms. The van der Waals surface area contributed by atoms with Crippen LogP contribution in [0.25, 0.3) is 5.57 Å². The van der Waals surface area contributed by atoms with E-state index >= 15 is 0 Å². The molecule has 0 radical (unpaired) electrons. The van der Waals surface area contributed by atoms with E-state index in [1.807, 2.05) is 30.0 Å². The molecule has 4 rings (SSSR count). The van der Waals surface area contributed by atoms with E-state index < -0.39 is 0 Å². The number of hydrogen-bond acceptors (Lipinski definition) is 4. The van der Waals surface area contributed by atoms with E-state index in [-0.39, 0.29) is 17.6 Å². The Kier molecular flexibility index (Phi) is 5.20. The molecule has 2 aromatic rings. The highest BCUT2D eigenvalue weighted by molar-refractivity contribution is 6.45. The molecule has 0 atom stereocenters. The van der Waals surface area contributed by atoms with Crippen LogP contribution in [0.1, 0.15) is 18.1 Å². The van der Waals surface area contributed by atoms with Gasteiger partial charge in [-0.05, 0) is 48.9 Å². The highest BCUT2D eigenvalue weighted by Crippen LogP contribution is 2.35. The largest absolute Gasteiger partial charge is 0.364 e. The highest BCUT2D eigenvalue weighted by atomic mass is 19.1. The van der Waals surface area contributed by atoms with E-state index in [9.17, 15) is 14.0 Å². The molecular weight excluding hydrogens is 369 g/mol. The molecule has 0 bridgehead atoms. The summed E-state index contributed by atoms with van der Waals surface area (Å²) in [6, 6.07) is 13.1. The van der Waals surface area contributed by atoms with Crippen molar-refractivity contribution < 1.29 is 14.0 Å². The summed E-state index contributed by atoms with van der Waals surface area (Å²) < 4.78 is 13.5. The number of nitrogens with zero attached hydrogens (tertiary/aromatic N) is 3. The number of carbonyl (C=O) groups excluding carboxylic acids is 2. The normalized spacial score (nSPS) is 18.2. The van der Waals surface area contributed by atoms with Gasteiger partial charge in [0.1, 0.15) is 11.5 Å². The van der Waals surface area contributed by atoms with Crippen LogP contribution in [0.3, 0.4) is 0 Å². The van der Waals surface area contributed by atoms with Crippen LogP contribution in [0.2, 0.25) is 0 Å². The van der Waals surface area contributed by atoms with Crippen molar-refractivity contribution in [3.05, 3.63) is 71.2 Å². The SMILES string of the molecule is CCN1CCN(C2=C(c3ccc(F)cc3)C(=O)N(c3cccc(C)c3)C2=O)CC1. The minimum atomic E-state index is -0.375. The van der Waals surface area contributed by atoms with Gasteiger partial charge in [0.2, 0.25) is 0 Å². The van der Waals surface area contributed by atoms with Gasteiger partial charge >= 0.3 is 0 Å². The lowest BCUT2D eigenvalue weighted by Crippen LogP contribution is -2.47. The smallest absolute Gasteiger partial charge is 0.282 e. The zero-order valence-corrected chi connectivity index (χ0v) is 16.7. The molecule has 1 saturated heterocycles. The molecule has 0 aliphatic carbocycles. The fourth-order valence-corrected chi connectivity index (χ4v) is 3.98. The van der Waals surface area contributed by atoms with Crippen molar-refractivity contribution in [2.45, 2.75) is 13.8 Å². The van der Waals surface area contributed by atoms with E-state index in [1.54, 1.807) is 18.2 Å². The van der Waals surface area contributed by atoms with Crippen molar-refractivity contribution in [2.24, 2.45) is 0 Å². The maximum Gasteiger partial charge on any atom is 0.282 e. The van der Waals surface area contributed by atoms with E-state index in [0.29, 0.717) is 35.6 Å². The lowest BCUT2D eigenvalue weighted by molar-refractivity contribution is -0.120. The summed E-state index contributed by atoms with van der Waals surface area (Å²) in [6.45, 7) is 8.02. The monoisotopic (exact) mass is 393 g/mol. The molecule has 0 unspecified atom stereocenters. The zero-order valence-electron chi connectivity index (χ0n) is 16.7. The topological polar surface area (TPSA) is 43.9 Å². The molecule has 1 fully saturated rings. The van der Waals surface area contributed by atoms with Crippen molar-refractivity contribution in [1.29, 1.82) is 0 Å². The Bertz CT molecular complexity index is 976. The van der Waals surface area contributed by atoms with Gasteiger partial charge in [0.25, 0.3) is 11.8 Å². The zero-order chi connectivity index (χ0) is 20.5. The summed E-state index contributed by atoms with van der Waals surface area (Å²) in [7, 11) is 0. The van der Waals surface area contributed by atoms with Crippen LogP contribution in [0, 0.1) is 12.7 Å². The molecular formula is C23H24FN3O2. The molecule has 5 nitrogen and oxygen atoms in total. The number of benzene rings is 2. The summed E-state index contributed by atoms with van der Waals surface area (Å²) in [5.74, 6) is -1.05. The Hall–Kier alpha value is -2.99. The van der Waals surface area contributed by atoms with Crippen molar-refractivity contribution in [2.75, 3.05) is 37.6 Å². The minimum absolute atomic E-state index is 0.315. The standard InChI is InChI=1S/C23H24FN3O2/c1-3-25-11-13-26(14-12-25)21-20(17-7-9-18(24)10-8-17)22(28)27(23(21)29)19-6-4-5-16(2)15-19/h4-10,15H,3,11-14H2,1-2H3. The third-order valence-corrected chi connectivity index (χ3v) is 5.59. The number of carbonyl (C=O) groups is 2. The average molecular weight is 393 g/mol. The van der Waals surface area contributed by atoms with Crippen molar-refractivity contribution in [3.63, 3.8) is 0 Å². The molecule has 0 saturated carbocycles. The van der Waals surface area contributed by atoms with Gasteiger partial charge in [-0.1, -0.05) is 31.2 Å². The third-order valence-electron chi connectivity index (χ3n) is 5.59. The Balaban J connectivity index is 1.78. The number of amides is 2. The lowest BCUT2D eigenvalue weighted by Gasteiger charge is -2.36. The quantitative estimate of drug-likeness (QED) is 0.749. The first-order valence-corrected chi connectivity index (χ1v) is 9.92. The molecule has 2 aliphatic heterocycles. The molecule has 0 N–H and O–H groups in total. The van der Waals surface area contributed by atoms with Crippen molar-refractivity contribution >= 4 is 23.1 Å². The summed E-state index contributed by atoms with van der Waals surface area (Å²) >= 11 is 0. The predicted octanol–water partition coefficient (Wildman–Crippen LogP) is 3.06. The van der Waals surface area contributed by atoms with Gasteiger partial charge < -0.3 is 9.80 Å². The molecule has 2 aliphatic rings. The fraction of sp³-hybridized carbons (Fsp3) is 0.304. The first-order chi connectivity index (χ1) is 14.0. The number of likely N-dealkylation sites (N-methyl/N-ethyl adjacent to an activating group) is 1. The van der Waals surface area contributed by atoms with Gasteiger partial charge in [0.05, 0.1) is 11.3 Å². The number of hydrogen-bond donors (Lipinski definition) is 0. The molecule has 29 heavy (non-hydrogen) atoms.